The van der Waals surface area contributed by atoms with Crippen LogP contribution in [-0.4, -0.2) is 33.5 Å². The van der Waals surface area contributed by atoms with Gasteiger partial charge < -0.3 is 9.64 Å². The molecule has 1 aliphatic rings. The molecule has 3 rings (SSSR count). The molecule has 0 amide bonds. The molecule has 0 bridgehead atoms. The number of benzene rings is 1. The summed E-state index contributed by atoms with van der Waals surface area (Å²) in [7, 11) is 1.29. The third kappa shape index (κ3) is 3.66. The van der Waals surface area contributed by atoms with Crippen LogP contribution in [-0.2, 0) is 9.53 Å². The van der Waals surface area contributed by atoms with Gasteiger partial charge in [-0.1, -0.05) is 6.92 Å². The van der Waals surface area contributed by atoms with Crippen LogP contribution in [0.1, 0.15) is 31.5 Å². The Balaban J connectivity index is 2.17. The third-order valence-corrected chi connectivity index (χ3v) is 4.83. The molecule has 0 radical (unpaired) electrons. The number of imidazole rings is 1. The Hall–Kier alpha value is -3.75. The van der Waals surface area contributed by atoms with Crippen LogP contribution in [0.5, 0.6) is 0 Å². The monoisotopic (exact) mass is 396 g/mol. The summed E-state index contributed by atoms with van der Waals surface area (Å²) in [6.07, 6.45) is 5.09. The van der Waals surface area contributed by atoms with Crippen LogP contribution in [0.4, 0.5) is 11.4 Å². The van der Waals surface area contributed by atoms with Gasteiger partial charge in [0.25, 0.3) is 11.6 Å². The number of rotatable bonds is 5. The molecule has 0 unspecified atom stereocenters. The number of methoxy groups -OCH3 is 1. The zero-order valence-electron chi connectivity index (χ0n) is 16.3. The fourth-order valence-corrected chi connectivity index (χ4v) is 3.40. The molecule has 29 heavy (non-hydrogen) atoms. The van der Waals surface area contributed by atoms with Gasteiger partial charge in [0, 0.05) is 53.6 Å². The lowest BCUT2D eigenvalue weighted by Crippen LogP contribution is -2.32. The molecule has 1 aliphatic heterocycles. The molecule has 0 saturated carbocycles. The normalized spacial score (nSPS) is 14.2. The topological polar surface area (TPSA) is 108 Å². The molecule has 0 N–H and O–H groups in total. The van der Waals surface area contributed by atoms with Crippen LogP contribution >= 0.6 is 0 Å². The summed E-state index contributed by atoms with van der Waals surface area (Å²) in [6, 6.07) is 5.97. The van der Waals surface area contributed by atoms with Gasteiger partial charge >= 0.3 is 5.97 Å². The molecule has 1 aromatic carbocycles. The average molecular weight is 396 g/mol. The second kappa shape index (κ2) is 8.09. The molecular weight excluding hydrogens is 376 g/mol. The highest BCUT2D eigenvalue weighted by molar-refractivity contribution is 6.01. The van der Waals surface area contributed by atoms with E-state index in [1.165, 1.54) is 36.3 Å². The van der Waals surface area contributed by atoms with E-state index < -0.39 is 10.9 Å². The Morgan fingerprint density at radius 3 is 2.45 bits per heavy atom. The SMILES string of the molecule is CCC1=C(C(=O)n2ccnc2)CC(C(=O)OC)=C(C)N1c1ccc([N+](=O)[O-])cc1. The quantitative estimate of drug-likeness (QED) is 0.433. The summed E-state index contributed by atoms with van der Waals surface area (Å²) in [6.45, 7) is 3.67. The average Bonchev–Trinajstić information content (AvgIpc) is 3.27. The van der Waals surface area contributed by atoms with E-state index in [1.807, 2.05) is 6.92 Å². The molecule has 0 spiro atoms. The molecule has 0 fully saturated rings. The Kier molecular flexibility index (Phi) is 5.58. The molecule has 9 heteroatoms. The first-order valence-corrected chi connectivity index (χ1v) is 8.96. The molecule has 0 aliphatic carbocycles. The van der Waals surface area contributed by atoms with Gasteiger partial charge in [-0.3, -0.25) is 19.5 Å². The standard InChI is InChI=1S/C20H20N4O5/c1-4-18-17(19(25)22-10-9-21-12-22)11-16(20(26)29-3)13(2)23(18)14-5-7-15(8-6-14)24(27)28/h5-10,12H,4,11H2,1-3H3. The maximum absolute atomic E-state index is 13.1. The van der Waals surface area contributed by atoms with Crippen molar-refractivity contribution < 1.29 is 19.2 Å². The maximum atomic E-state index is 13.1. The molecular formula is C20H20N4O5. The number of nitro groups is 1. The van der Waals surface area contributed by atoms with E-state index in [0.29, 0.717) is 34.6 Å². The Morgan fingerprint density at radius 1 is 1.24 bits per heavy atom. The zero-order valence-corrected chi connectivity index (χ0v) is 16.3. The number of allylic oxidation sites excluding steroid dienone is 3. The van der Waals surface area contributed by atoms with E-state index >= 15 is 0 Å². The van der Waals surface area contributed by atoms with Gasteiger partial charge in [-0.15, -0.1) is 0 Å². The number of anilines is 1. The van der Waals surface area contributed by atoms with Crippen molar-refractivity contribution in [3.8, 4) is 0 Å². The number of hydrogen-bond acceptors (Lipinski definition) is 7. The Morgan fingerprint density at radius 2 is 1.93 bits per heavy atom. The second-order valence-electron chi connectivity index (χ2n) is 6.40. The minimum absolute atomic E-state index is 0.0441. The number of nitro benzene ring substituents is 1. The Bertz CT molecular complexity index is 1020. The summed E-state index contributed by atoms with van der Waals surface area (Å²) < 4.78 is 6.27. The van der Waals surface area contributed by atoms with Crippen molar-refractivity contribution in [3.05, 3.63) is 75.6 Å². The van der Waals surface area contributed by atoms with E-state index in [1.54, 1.807) is 30.2 Å². The van der Waals surface area contributed by atoms with Gasteiger partial charge in [-0.05, 0) is 25.5 Å². The number of esters is 1. The van der Waals surface area contributed by atoms with Crippen LogP contribution in [0.25, 0.3) is 0 Å². The van der Waals surface area contributed by atoms with Crippen molar-refractivity contribution in [2.24, 2.45) is 0 Å². The predicted octanol–water partition coefficient (Wildman–Crippen LogP) is 3.45. The highest BCUT2D eigenvalue weighted by Crippen LogP contribution is 2.37. The van der Waals surface area contributed by atoms with Crippen LogP contribution in [0.15, 0.2) is 65.5 Å². The number of aromatic nitrogens is 2. The molecule has 150 valence electrons. The van der Waals surface area contributed by atoms with Crippen molar-refractivity contribution in [1.82, 2.24) is 9.55 Å². The van der Waals surface area contributed by atoms with Crippen LogP contribution < -0.4 is 4.90 Å². The molecule has 2 heterocycles. The smallest absolute Gasteiger partial charge is 0.335 e. The maximum Gasteiger partial charge on any atom is 0.335 e. The van der Waals surface area contributed by atoms with E-state index in [2.05, 4.69) is 4.98 Å². The minimum Gasteiger partial charge on any atom is -0.466 e. The summed E-state index contributed by atoms with van der Waals surface area (Å²) >= 11 is 0. The molecule has 9 nitrogen and oxygen atoms in total. The third-order valence-electron chi connectivity index (χ3n) is 4.83. The summed E-state index contributed by atoms with van der Waals surface area (Å²) in [5.74, 6) is -0.819. The highest BCUT2D eigenvalue weighted by atomic mass is 16.6. The van der Waals surface area contributed by atoms with Gasteiger partial charge in [0.1, 0.15) is 6.33 Å². The lowest BCUT2D eigenvalue weighted by atomic mass is 9.93. The molecule has 0 atom stereocenters. The lowest BCUT2D eigenvalue weighted by molar-refractivity contribution is -0.384. The lowest BCUT2D eigenvalue weighted by Gasteiger charge is -2.35. The number of nitrogens with zero attached hydrogens (tertiary/aromatic N) is 4. The minimum atomic E-state index is -0.527. The van der Waals surface area contributed by atoms with Gasteiger partial charge in [-0.2, -0.15) is 0 Å². The van der Waals surface area contributed by atoms with Crippen molar-refractivity contribution in [2.45, 2.75) is 26.7 Å². The van der Waals surface area contributed by atoms with Crippen molar-refractivity contribution in [3.63, 3.8) is 0 Å². The highest BCUT2D eigenvalue weighted by Gasteiger charge is 2.32. The first kappa shape index (κ1) is 20.0. The van der Waals surface area contributed by atoms with Crippen molar-refractivity contribution >= 4 is 23.3 Å². The molecule has 1 aromatic heterocycles. The van der Waals surface area contributed by atoms with Crippen molar-refractivity contribution in [2.75, 3.05) is 12.0 Å². The first-order valence-electron chi connectivity index (χ1n) is 8.96. The Labute approximate surface area is 167 Å². The van der Waals surface area contributed by atoms with E-state index in [-0.39, 0.29) is 18.0 Å². The van der Waals surface area contributed by atoms with Crippen LogP contribution in [0.2, 0.25) is 0 Å². The number of non-ortho nitro benzene ring substituents is 1. The van der Waals surface area contributed by atoms with Crippen LogP contribution in [0.3, 0.4) is 0 Å². The molecule has 2 aromatic rings. The summed E-state index contributed by atoms with van der Waals surface area (Å²) in [5, 5.41) is 11.0. The van der Waals surface area contributed by atoms with Crippen molar-refractivity contribution in [1.29, 1.82) is 0 Å². The number of hydrogen-bond donors (Lipinski definition) is 0. The van der Waals surface area contributed by atoms with Gasteiger partial charge in [0.05, 0.1) is 17.6 Å². The fourth-order valence-electron chi connectivity index (χ4n) is 3.40. The zero-order chi connectivity index (χ0) is 21.1. The van der Waals surface area contributed by atoms with Crippen LogP contribution in [0, 0.1) is 10.1 Å². The first-order chi connectivity index (χ1) is 13.9. The van der Waals surface area contributed by atoms with Gasteiger partial charge in [-0.25, -0.2) is 9.78 Å². The fraction of sp³-hybridized carbons (Fsp3) is 0.250. The number of ether oxygens (including phenoxy) is 1. The molecule has 0 saturated heterocycles. The largest absolute Gasteiger partial charge is 0.466 e. The predicted molar refractivity (Wildman–Crippen MR) is 105 cm³/mol. The van der Waals surface area contributed by atoms with Gasteiger partial charge in [0.2, 0.25) is 0 Å². The van der Waals surface area contributed by atoms with E-state index in [4.69, 9.17) is 4.74 Å². The number of carbonyl (C=O) groups is 2. The number of carbonyl (C=O) groups excluding carboxylic acids is 2. The van der Waals surface area contributed by atoms with E-state index in [0.717, 1.165) is 0 Å². The second-order valence-corrected chi connectivity index (χ2v) is 6.40. The van der Waals surface area contributed by atoms with Gasteiger partial charge in [0.15, 0.2) is 0 Å². The summed E-state index contributed by atoms with van der Waals surface area (Å²) in [5.41, 5.74) is 2.69. The summed E-state index contributed by atoms with van der Waals surface area (Å²) in [4.78, 5) is 41.7. The van der Waals surface area contributed by atoms with E-state index in [9.17, 15) is 19.7 Å².